The molecule has 0 aliphatic carbocycles. The Morgan fingerprint density at radius 3 is 0.532 bits per heavy atom. The van der Waals surface area contributed by atoms with Crippen LogP contribution in [0.15, 0.2) is 0 Å². The maximum absolute atomic E-state index is 13.5. The van der Waals surface area contributed by atoms with Gasteiger partial charge in [0.2, 0.25) is 0 Å². The van der Waals surface area contributed by atoms with Crippen molar-refractivity contribution in [3.05, 3.63) is 0 Å². The van der Waals surface area contributed by atoms with Crippen LogP contribution in [0.4, 0.5) is 132 Å². The average molecular weight is 782 g/mol. The zero-order valence-electron chi connectivity index (χ0n) is 20.1. The van der Waals surface area contributed by atoms with E-state index in [1.165, 1.54) is 4.74 Å². The van der Waals surface area contributed by atoms with E-state index in [1.807, 2.05) is 0 Å². The van der Waals surface area contributed by atoms with E-state index in [0.717, 1.165) is 0 Å². The summed E-state index contributed by atoms with van der Waals surface area (Å²) in [6.45, 7) is 0. The summed E-state index contributed by atoms with van der Waals surface area (Å²) in [6, 6.07) is 0. The molecule has 0 bridgehead atoms. The molecule has 0 rings (SSSR count). The van der Waals surface area contributed by atoms with Crippen LogP contribution in [-0.2, 0) is 4.74 Å². The first-order valence-electron chi connectivity index (χ1n) is 9.97. The van der Waals surface area contributed by atoms with Crippen LogP contribution in [0.5, 0.6) is 0 Å². The van der Waals surface area contributed by atoms with Gasteiger partial charge in [-0.3, -0.25) is 0 Å². The van der Waals surface area contributed by atoms with Gasteiger partial charge in [-0.2, -0.15) is 105 Å². The van der Waals surface area contributed by atoms with Crippen molar-refractivity contribution in [2.75, 3.05) is 0 Å². The number of hydrogen-bond donors (Lipinski definition) is 0. The quantitative estimate of drug-likeness (QED) is 0.142. The molecule has 0 spiro atoms. The van der Waals surface area contributed by atoms with E-state index < -0.39 is 96.6 Å². The lowest BCUT2D eigenvalue weighted by molar-refractivity contribution is -0.457. The summed E-state index contributed by atoms with van der Waals surface area (Å²) in [4.78, 5) is 0. The molecule has 0 N–H and O–H groups in total. The summed E-state index contributed by atoms with van der Waals surface area (Å²) < 4.78 is 394. The monoisotopic (exact) mass is 782 g/mol. The SMILES string of the molecule is FC(F)C(F)(F)C(F)(F)C(F)(F)C(F)(F)C(F)(F)C(F)(F)C(F)OC(F)C(F)(F)C(F)(F)C(F)(F)C(F)(F)C(F)(F)C(F)(F)C(F)F. The predicted molar refractivity (Wildman–Crippen MR) is 82.2 cm³/mol. The van der Waals surface area contributed by atoms with Gasteiger partial charge in [-0.15, -0.1) is 0 Å². The smallest absolute Gasteiger partial charge is 0.303 e. The highest BCUT2D eigenvalue weighted by Crippen LogP contribution is 2.64. The molecule has 2 unspecified atom stereocenters. The van der Waals surface area contributed by atoms with E-state index in [-0.39, 0.29) is 0 Å². The van der Waals surface area contributed by atoms with E-state index in [1.54, 1.807) is 0 Å². The van der Waals surface area contributed by atoms with Gasteiger partial charge in [-0.25, -0.2) is 26.3 Å². The Morgan fingerprint density at radius 1 is 0.234 bits per heavy atom. The Kier molecular flexibility index (Phi) is 11.2. The van der Waals surface area contributed by atoms with Crippen LogP contribution in [0.2, 0.25) is 0 Å². The zero-order valence-corrected chi connectivity index (χ0v) is 20.1. The van der Waals surface area contributed by atoms with Crippen LogP contribution in [0.3, 0.4) is 0 Å². The Hall–Kier alpha value is -2.14. The van der Waals surface area contributed by atoms with Gasteiger partial charge in [0.05, 0.1) is 0 Å². The van der Waals surface area contributed by atoms with Gasteiger partial charge in [-0.1, -0.05) is 0 Å². The van der Waals surface area contributed by atoms with Crippen LogP contribution < -0.4 is 0 Å². The third kappa shape index (κ3) is 5.73. The standard InChI is InChI=1S/C16H4F30O/c17-1(18)5(23,24)9(31,32)13(39,40)15(43,44)11(35,36)7(27,28)3(21)47-4(22)8(29,30)12(37,38)16(45,46)14(41,42)10(33,34)6(25,26)2(19)20/h1-4H. The van der Waals surface area contributed by atoms with E-state index >= 15 is 0 Å². The van der Waals surface area contributed by atoms with Crippen LogP contribution in [0.1, 0.15) is 0 Å². The Morgan fingerprint density at radius 2 is 0.383 bits per heavy atom. The van der Waals surface area contributed by atoms with Crippen LogP contribution in [0, 0.1) is 0 Å². The van der Waals surface area contributed by atoms with Crippen LogP contribution in [-0.4, -0.2) is 96.6 Å². The fraction of sp³-hybridized carbons (Fsp3) is 1.00. The molecule has 284 valence electrons. The fourth-order valence-corrected chi connectivity index (χ4v) is 2.46. The summed E-state index contributed by atoms with van der Waals surface area (Å²) in [7, 11) is 0. The Labute approximate surface area is 234 Å². The highest BCUT2D eigenvalue weighted by atomic mass is 19.4. The topological polar surface area (TPSA) is 9.23 Å². The summed E-state index contributed by atoms with van der Waals surface area (Å²) in [5, 5.41) is 0. The summed E-state index contributed by atoms with van der Waals surface area (Å²) in [6.07, 6.45) is -26.3. The molecule has 0 fully saturated rings. The molecule has 0 amide bonds. The lowest BCUT2D eigenvalue weighted by Gasteiger charge is -2.42. The molecule has 0 saturated heterocycles. The second-order valence-corrected chi connectivity index (χ2v) is 8.46. The van der Waals surface area contributed by atoms with Crippen molar-refractivity contribution < 1.29 is 136 Å². The largest absolute Gasteiger partial charge is 0.384 e. The van der Waals surface area contributed by atoms with Gasteiger partial charge in [0, 0.05) is 0 Å². The van der Waals surface area contributed by atoms with Crippen molar-refractivity contribution in [2.45, 2.75) is 96.6 Å². The third-order valence-corrected chi connectivity index (χ3v) is 5.40. The molecule has 0 aliphatic heterocycles. The molecule has 2 atom stereocenters. The predicted octanol–water partition coefficient (Wildman–Crippen LogP) is 9.75. The van der Waals surface area contributed by atoms with Gasteiger partial charge in [0.15, 0.2) is 0 Å². The third-order valence-electron chi connectivity index (χ3n) is 5.40. The Balaban J connectivity index is 6.85. The number of rotatable bonds is 16. The molecule has 31 heteroatoms. The van der Waals surface area contributed by atoms with E-state index in [0.29, 0.717) is 0 Å². The van der Waals surface area contributed by atoms with Gasteiger partial charge in [0.1, 0.15) is 0 Å². The van der Waals surface area contributed by atoms with Crippen LogP contribution >= 0.6 is 0 Å². The van der Waals surface area contributed by atoms with Crippen LogP contribution in [0.25, 0.3) is 0 Å². The molecule has 0 saturated carbocycles. The summed E-state index contributed by atoms with van der Waals surface area (Å²) in [5.74, 6) is -104. The molecule has 0 heterocycles. The zero-order chi connectivity index (χ0) is 39.0. The second kappa shape index (κ2) is 11.7. The first-order valence-corrected chi connectivity index (χ1v) is 9.97. The van der Waals surface area contributed by atoms with Gasteiger partial charge < -0.3 is 4.74 Å². The van der Waals surface area contributed by atoms with E-state index in [9.17, 15) is 132 Å². The number of ether oxygens (including phenoxy) is 1. The highest BCUT2D eigenvalue weighted by Gasteiger charge is 2.94. The lowest BCUT2D eigenvalue weighted by Crippen LogP contribution is -2.73. The van der Waals surface area contributed by atoms with E-state index in [4.69, 9.17) is 0 Å². The molecule has 0 aromatic heterocycles. The molecule has 47 heavy (non-hydrogen) atoms. The molecular weight excluding hydrogens is 778 g/mol. The average Bonchev–Trinajstić information content (AvgIpc) is 2.86. The van der Waals surface area contributed by atoms with Crippen molar-refractivity contribution in [1.29, 1.82) is 0 Å². The maximum Gasteiger partial charge on any atom is 0.384 e. The molecule has 0 aromatic rings. The lowest BCUT2D eigenvalue weighted by atomic mass is 9.91. The van der Waals surface area contributed by atoms with Crippen molar-refractivity contribution in [2.24, 2.45) is 0 Å². The minimum Gasteiger partial charge on any atom is -0.303 e. The number of halogens is 30. The van der Waals surface area contributed by atoms with Crippen molar-refractivity contribution in [3.8, 4) is 0 Å². The van der Waals surface area contributed by atoms with Crippen molar-refractivity contribution >= 4 is 0 Å². The molecule has 0 aliphatic rings. The van der Waals surface area contributed by atoms with Gasteiger partial charge >= 0.3 is 83.9 Å². The normalized spacial score (nSPS) is 17.9. The first-order chi connectivity index (χ1) is 19.9. The molecule has 0 aromatic carbocycles. The second-order valence-electron chi connectivity index (χ2n) is 8.46. The summed E-state index contributed by atoms with van der Waals surface area (Å²) >= 11 is 0. The molecular formula is C16H4F30O. The number of alkyl halides is 30. The fourth-order valence-electron chi connectivity index (χ4n) is 2.46. The summed E-state index contributed by atoms with van der Waals surface area (Å²) in [5.41, 5.74) is 0. The minimum absolute atomic E-state index is 1.49. The first kappa shape index (κ1) is 44.9. The maximum atomic E-state index is 13.5. The highest BCUT2D eigenvalue weighted by molar-refractivity contribution is 5.14. The number of hydrogen-bond acceptors (Lipinski definition) is 1. The minimum atomic E-state index is -9.10. The van der Waals surface area contributed by atoms with Crippen molar-refractivity contribution in [1.82, 2.24) is 0 Å². The van der Waals surface area contributed by atoms with E-state index in [2.05, 4.69) is 0 Å². The van der Waals surface area contributed by atoms with Gasteiger partial charge in [-0.05, 0) is 0 Å². The molecule has 0 radical (unpaired) electrons. The van der Waals surface area contributed by atoms with Gasteiger partial charge in [0.25, 0.3) is 12.7 Å². The molecule has 1 nitrogen and oxygen atoms in total. The Bertz CT molecular complexity index is 1000. The van der Waals surface area contributed by atoms with Crippen molar-refractivity contribution in [3.63, 3.8) is 0 Å².